The zero-order chi connectivity index (χ0) is 11.5. The predicted octanol–water partition coefficient (Wildman–Crippen LogP) is 1.47. The van der Waals surface area contributed by atoms with E-state index < -0.39 is 41.1 Å². The summed E-state index contributed by atoms with van der Waals surface area (Å²) >= 11 is -6.96. The number of hydrogen-bond acceptors (Lipinski definition) is 5. The molecule has 0 aromatic heterocycles. The normalized spacial score (nSPS) is 10.3. The van der Waals surface area contributed by atoms with Crippen LogP contribution in [0.2, 0.25) is 0 Å². The Morgan fingerprint density at radius 1 is 0.867 bits per heavy atom. The predicted molar refractivity (Wildman–Crippen MR) is 55.7 cm³/mol. The first-order valence-electron chi connectivity index (χ1n) is 5.22. The molecule has 5 nitrogen and oxygen atoms in total. The molecule has 0 saturated heterocycles. The Morgan fingerprint density at radius 2 is 1.27 bits per heavy atom. The summed E-state index contributed by atoms with van der Waals surface area (Å²) in [6.45, 7) is 4.89. The van der Waals surface area contributed by atoms with Gasteiger partial charge in [0.05, 0.1) is 0 Å². The molecule has 0 amide bonds. The van der Waals surface area contributed by atoms with Crippen LogP contribution in [0.3, 0.4) is 0 Å². The van der Waals surface area contributed by atoms with Gasteiger partial charge in [0.15, 0.2) is 0 Å². The third-order valence-electron chi connectivity index (χ3n) is 1.60. The summed E-state index contributed by atoms with van der Waals surface area (Å²) in [5.74, 6) is 0. The van der Waals surface area contributed by atoms with Crippen molar-refractivity contribution in [3.05, 3.63) is 0 Å². The van der Waals surface area contributed by atoms with Crippen LogP contribution in [0.1, 0.15) is 39.5 Å². The van der Waals surface area contributed by atoms with Crippen molar-refractivity contribution in [2.24, 2.45) is 0 Å². The van der Waals surface area contributed by atoms with Crippen LogP contribution in [0, 0.1) is 0 Å². The summed E-state index contributed by atoms with van der Waals surface area (Å²) in [6, 6.07) is 0. The van der Waals surface area contributed by atoms with Crippen molar-refractivity contribution in [2.75, 3.05) is 13.2 Å². The van der Waals surface area contributed by atoms with Crippen LogP contribution >= 0.6 is 0 Å². The molecule has 0 aliphatic rings. The van der Waals surface area contributed by atoms with Gasteiger partial charge in [-0.1, -0.05) is 0 Å². The van der Waals surface area contributed by atoms with Crippen LogP contribution in [0.15, 0.2) is 0 Å². The zero-order valence-electron chi connectivity index (χ0n) is 9.28. The molecule has 0 bridgehead atoms. The second-order valence-electron chi connectivity index (χ2n) is 3.01. The van der Waals surface area contributed by atoms with Crippen molar-refractivity contribution in [3.8, 4) is 0 Å². The van der Waals surface area contributed by atoms with Crippen LogP contribution in [0.4, 0.5) is 0 Å². The average molecular weight is 432 g/mol. The summed E-state index contributed by atoms with van der Waals surface area (Å²) < 4.78 is 37.0. The monoisotopic (exact) mass is 434 g/mol. The van der Waals surface area contributed by atoms with E-state index in [0.717, 1.165) is 25.7 Å². The van der Waals surface area contributed by atoms with Gasteiger partial charge in [-0.3, -0.25) is 0 Å². The summed E-state index contributed by atoms with van der Waals surface area (Å²) in [6.07, 6.45) is 3.66. The standard InChI is InChI=1S/2C4H9O.3O.2Sn/c2*1-2-3-4-5;;;;;/h2*2-4H2,1H3;;;;;/q2*-1;;;;2*+1. The SMILES string of the molecule is CCCC[O][Sn](=[O])[O][Sn](=[O])[O]CCCC. The van der Waals surface area contributed by atoms with Gasteiger partial charge in [0.25, 0.3) is 0 Å². The van der Waals surface area contributed by atoms with Gasteiger partial charge in [0.1, 0.15) is 0 Å². The molecule has 0 aromatic carbocycles. The molecule has 0 aromatic rings. The van der Waals surface area contributed by atoms with Gasteiger partial charge in [0, 0.05) is 0 Å². The molecule has 0 fully saturated rings. The molecule has 0 rings (SSSR count). The Bertz CT molecular complexity index is 177. The Kier molecular flexibility index (Phi) is 12.4. The molecule has 7 heteroatoms. The van der Waals surface area contributed by atoms with E-state index in [1.165, 1.54) is 0 Å². The van der Waals surface area contributed by atoms with Crippen LogP contribution in [-0.2, 0) is 13.7 Å². The van der Waals surface area contributed by atoms with Crippen molar-refractivity contribution in [2.45, 2.75) is 39.5 Å². The quantitative estimate of drug-likeness (QED) is 0.387. The second-order valence-corrected chi connectivity index (χ2v) is 12.0. The van der Waals surface area contributed by atoms with Gasteiger partial charge >= 0.3 is 108 Å². The van der Waals surface area contributed by atoms with E-state index in [2.05, 4.69) is 0 Å². The average Bonchev–Trinajstić information content (AvgIpc) is 2.18. The molecular formula is C8H18O5Sn2. The Morgan fingerprint density at radius 3 is 1.60 bits per heavy atom. The first-order valence-corrected chi connectivity index (χ1v) is 12.2. The minimum atomic E-state index is -3.48. The molecular weight excluding hydrogens is 414 g/mol. The topological polar surface area (TPSA) is 61.8 Å². The molecule has 15 heavy (non-hydrogen) atoms. The van der Waals surface area contributed by atoms with Crippen molar-refractivity contribution in [1.29, 1.82) is 0 Å². The van der Waals surface area contributed by atoms with E-state index in [4.69, 9.17) is 7.56 Å². The summed E-state index contributed by atoms with van der Waals surface area (Å²) in [7, 11) is 0. The Hall–Kier alpha value is 1.08. The summed E-state index contributed by atoms with van der Waals surface area (Å²) in [5, 5.41) is 0. The van der Waals surface area contributed by atoms with E-state index in [1.807, 2.05) is 13.8 Å². The maximum absolute atomic E-state index is 11.2. The third-order valence-corrected chi connectivity index (χ3v) is 11.4. The van der Waals surface area contributed by atoms with E-state index in [1.54, 1.807) is 0 Å². The molecule has 0 N–H and O–H groups in total. The molecule has 0 unspecified atom stereocenters. The van der Waals surface area contributed by atoms with E-state index in [-0.39, 0.29) is 0 Å². The van der Waals surface area contributed by atoms with Crippen LogP contribution in [0.5, 0.6) is 0 Å². The second kappa shape index (κ2) is 11.6. The fourth-order valence-electron chi connectivity index (χ4n) is 0.727. The molecule has 0 spiro atoms. The van der Waals surface area contributed by atoms with Crippen molar-refractivity contribution in [1.82, 2.24) is 0 Å². The van der Waals surface area contributed by atoms with E-state index in [9.17, 15) is 6.15 Å². The van der Waals surface area contributed by atoms with Gasteiger partial charge in [-0.15, -0.1) is 0 Å². The first kappa shape index (κ1) is 16.1. The van der Waals surface area contributed by atoms with Gasteiger partial charge in [0.2, 0.25) is 0 Å². The molecule has 0 aliphatic heterocycles. The molecule has 0 saturated carbocycles. The summed E-state index contributed by atoms with van der Waals surface area (Å²) in [4.78, 5) is 0. The van der Waals surface area contributed by atoms with Crippen LogP contribution in [0.25, 0.3) is 0 Å². The summed E-state index contributed by atoms with van der Waals surface area (Å²) in [5.41, 5.74) is 0. The van der Waals surface area contributed by atoms with Crippen molar-refractivity contribution < 1.29 is 13.7 Å². The first-order chi connectivity index (χ1) is 7.20. The van der Waals surface area contributed by atoms with Crippen molar-refractivity contribution in [3.63, 3.8) is 0 Å². The molecule has 88 valence electrons. The van der Waals surface area contributed by atoms with Crippen LogP contribution < -0.4 is 0 Å². The Balaban J connectivity index is 3.45. The number of unbranched alkanes of at least 4 members (excludes halogenated alkanes) is 2. The fourth-order valence-corrected chi connectivity index (χ4v) is 8.09. The minimum absolute atomic E-state index is 0.431. The molecule has 0 heterocycles. The number of hydrogen-bond donors (Lipinski definition) is 0. The van der Waals surface area contributed by atoms with Gasteiger partial charge in [-0.05, 0) is 0 Å². The van der Waals surface area contributed by atoms with E-state index >= 15 is 0 Å². The fraction of sp³-hybridized carbons (Fsp3) is 1.00. The number of rotatable bonds is 10. The van der Waals surface area contributed by atoms with Gasteiger partial charge in [-0.25, -0.2) is 0 Å². The maximum atomic E-state index is 11.2. The third kappa shape index (κ3) is 11.3. The molecule has 0 atom stereocenters. The zero-order valence-corrected chi connectivity index (χ0v) is 15.0. The van der Waals surface area contributed by atoms with Crippen molar-refractivity contribution >= 4 is 41.1 Å². The molecule has 0 radical (unpaired) electrons. The van der Waals surface area contributed by atoms with Crippen LogP contribution in [-0.4, -0.2) is 54.4 Å². The van der Waals surface area contributed by atoms with Gasteiger partial charge < -0.3 is 0 Å². The van der Waals surface area contributed by atoms with E-state index in [0.29, 0.717) is 13.2 Å². The van der Waals surface area contributed by atoms with Gasteiger partial charge in [-0.2, -0.15) is 0 Å². The molecule has 0 aliphatic carbocycles. The Labute approximate surface area is 107 Å².